The maximum atomic E-state index is 10.9. The number of nitrogens with one attached hydrogen (secondary N) is 1. The Bertz CT molecular complexity index is 488. The lowest BCUT2D eigenvalue weighted by molar-refractivity contribution is -0.384. The number of anilines is 1. The van der Waals surface area contributed by atoms with Crippen LogP contribution in [0.4, 0.5) is 11.5 Å². The molecule has 0 amide bonds. The number of rotatable bonds is 9. The number of nitro groups is 1. The van der Waals surface area contributed by atoms with Crippen LogP contribution in [0, 0.1) is 21.4 Å². The SMILES string of the molecule is CSCCCCCCNc1ncc(C#N)cc1[N+](=O)[O-]. The summed E-state index contributed by atoms with van der Waals surface area (Å²) >= 11 is 1.84. The third-order valence-electron chi connectivity index (χ3n) is 2.76. The summed E-state index contributed by atoms with van der Waals surface area (Å²) in [6.07, 6.45) is 7.86. The molecule has 20 heavy (non-hydrogen) atoms. The lowest BCUT2D eigenvalue weighted by Crippen LogP contribution is -2.06. The zero-order valence-electron chi connectivity index (χ0n) is 11.5. The van der Waals surface area contributed by atoms with Crippen molar-refractivity contribution >= 4 is 23.3 Å². The number of hydrogen-bond acceptors (Lipinski definition) is 6. The summed E-state index contributed by atoms with van der Waals surface area (Å²) < 4.78 is 0. The zero-order chi connectivity index (χ0) is 14.8. The average Bonchev–Trinajstić information content (AvgIpc) is 2.46. The van der Waals surface area contributed by atoms with E-state index in [1.165, 1.54) is 30.9 Å². The summed E-state index contributed by atoms with van der Waals surface area (Å²) in [6, 6.07) is 3.09. The molecule has 0 unspecified atom stereocenters. The Hall–Kier alpha value is -1.81. The fourth-order valence-corrected chi connectivity index (χ4v) is 2.21. The van der Waals surface area contributed by atoms with Crippen LogP contribution in [0.1, 0.15) is 31.2 Å². The van der Waals surface area contributed by atoms with Crippen LogP contribution in [0.3, 0.4) is 0 Å². The van der Waals surface area contributed by atoms with Crippen LogP contribution in [0.5, 0.6) is 0 Å². The van der Waals surface area contributed by atoms with Crippen molar-refractivity contribution in [3.8, 4) is 6.07 Å². The van der Waals surface area contributed by atoms with Gasteiger partial charge in [0.15, 0.2) is 0 Å². The van der Waals surface area contributed by atoms with Crippen LogP contribution in [-0.4, -0.2) is 28.5 Å². The van der Waals surface area contributed by atoms with Gasteiger partial charge in [-0.25, -0.2) is 4.98 Å². The number of thioether (sulfide) groups is 1. The van der Waals surface area contributed by atoms with E-state index in [1.807, 2.05) is 17.8 Å². The minimum Gasteiger partial charge on any atom is -0.364 e. The molecule has 0 atom stereocenters. The van der Waals surface area contributed by atoms with E-state index in [9.17, 15) is 10.1 Å². The largest absolute Gasteiger partial charge is 0.364 e. The van der Waals surface area contributed by atoms with E-state index in [0.717, 1.165) is 12.8 Å². The standard InChI is InChI=1S/C13H18N4O2S/c1-20-7-5-3-2-4-6-15-13-12(17(18)19)8-11(9-14)10-16-13/h8,10H,2-7H2,1H3,(H,15,16). The van der Waals surface area contributed by atoms with Gasteiger partial charge >= 0.3 is 5.69 Å². The number of nitrogens with zero attached hydrogens (tertiary/aromatic N) is 3. The molecule has 1 aromatic rings. The highest BCUT2D eigenvalue weighted by molar-refractivity contribution is 7.98. The Balaban J connectivity index is 2.44. The molecule has 0 radical (unpaired) electrons. The average molecular weight is 294 g/mol. The molecular weight excluding hydrogens is 276 g/mol. The first-order chi connectivity index (χ1) is 9.69. The number of hydrogen-bond donors (Lipinski definition) is 1. The maximum absolute atomic E-state index is 10.9. The second-order valence-corrected chi connectivity index (χ2v) is 5.28. The number of pyridine rings is 1. The van der Waals surface area contributed by atoms with Crippen LogP contribution in [0.15, 0.2) is 12.3 Å². The molecule has 0 spiro atoms. The van der Waals surface area contributed by atoms with Crippen molar-refractivity contribution in [2.75, 3.05) is 23.9 Å². The molecule has 0 saturated heterocycles. The molecule has 0 aromatic carbocycles. The molecule has 0 fully saturated rings. The van der Waals surface area contributed by atoms with Gasteiger partial charge in [0.2, 0.25) is 5.82 Å². The third-order valence-corrected chi connectivity index (χ3v) is 3.46. The van der Waals surface area contributed by atoms with Crippen molar-refractivity contribution in [2.45, 2.75) is 25.7 Å². The molecule has 0 aliphatic rings. The Morgan fingerprint density at radius 3 is 2.85 bits per heavy atom. The van der Waals surface area contributed by atoms with Crippen molar-refractivity contribution in [1.82, 2.24) is 4.98 Å². The fraction of sp³-hybridized carbons (Fsp3) is 0.538. The zero-order valence-corrected chi connectivity index (χ0v) is 12.3. The highest BCUT2D eigenvalue weighted by Crippen LogP contribution is 2.22. The summed E-state index contributed by atoms with van der Waals surface area (Å²) in [4.78, 5) is 14.3. The number of nitriles is 1. The molecule has 6 nitrogen and oxygen atoms in total. The van der Waals surface area contributed by atoms with E-state index >= 15 is 0 Å². The lowest BCUT2D eigenvalue weighted by Gasteiger charge is -2.06. The smallest absolute Gasteiger partial charge is 0.312 e. The van der Waals surface area contributed by atoms with Crippen molar-refractivity contribution in [3.05, 3.63) is 27.9 Å². The Labute approximate surface area is 122 Å². The molecule has 0 aliphatic carbocycles. The predicted octanol–water partition coefficient (Wildman–Crippen LogP) is 3.20. The second kappa shape index (κ2) is 9.15. The summed E-state index contributed by atoms with van der Waals surface area (Å²) in [7, 11) is 0. The van der Waals surface area contributed by atoms with Gasteiger partial charge in [0.1, 0.15) is 6.07 Å². The number of aromatic nitrogens is 1. The highest BCUT2D eigenvalue weighted by Gasteiger charge is 2.15. The minimum atomic E-state index is -0.519. The first-order valence-electron chi connectivity index (χ1n) is 6.46. The molecule has 0 aliphatic heterocycles. The highest BCUT2D eigenvalue weighted by atomic mass is 32.2. The maximum Gasteiger partial charge on any atom is 0.312 e. The van der Waals surface area contributed by atoms with Crippen molar-refractivity contribution < 1.29 is 4.92 Å². The van der Waals surface area contributed by atoms with E-state index in [-0.39, 0.29) is 17.1 Å². The molecule has 1 heterocycles. The van der Waals surface area contributed by atoms with Crippen molar-refractivity contribution in [2.24, 2.45) is 0 Å². The summed E-state index contributed by atoms with van der Waals surface area (Å²) in [5, 5.41) is 22.6. The van der Waals surface area contributed by atoms with E-state index in [1.54, 1.807) is 0 Å². The third kappa shape index (κ3) is 5.45. The first-order valence-corrected chi connectivity index (χ1v) is 7.85. The van der Waals surface area contributed by atoms with Crippen molar-refractivity contribution in [3.63, 3.8) is 0 Å². The monoisotopic (exact) mass is 294 g/mol. The van der Waals surface area contributed by atoms with E-state index in [0.29, 0.717) is 6.54 Å². The molecule has 108 valence electrons. The van der Waals surface area contributed by atoms with Gasteiger partial charge in [-0.1, -0.05) is 12.8 Å². The summed E-state index contributed by atoms with van der Waals surface area (Å²) in [5.74, 6) is 1.41. The molecule has 1 N–H and O–H groups in total. The van der Waals surface area contributed by atoms with Gasteiger partial charge in [-0.15, -0.1) is 0 Å². The fourth-order valence-electron chi connectivity index (χ4n) is 1.72. The molecular formula is C13H18N4O2S. The van der Waals surface area contributed by atoms with Gasteiger partial charge in [0, 0.05) is 18.8 Å². The molecule has 0 bridgehead atoms. The summed E-state index contributed by atoms with van der Waals surface area (Å²) in [5.41, 5.74) is 0.0470. The minimum absolute atomic E-state index is 0.147. The van der Waals surface area contributed by atoms with Crippen LogP contribution >= 0.6 is 11.8 Å². The quantitative estimate of drug-likeness (QED) is 0.427. The topological polar surface area (TPSA) is 91.8 Å². The Morgan fingerprint density at radius 1 is 1.45 bits per heavy atom. The van der Waals surface area contributed by atoms with E-state index < -0.39 is 4.92 Å². The molecule has 7 heteroatoms. The van der Waals surface area contributed by atoms with Gasteiger partial charge in [-0.05, 0) is 24.9 Å². The van der Waals surface area contributed by atoms with Gasteiger partial charge < -0.3 is 5.32 Å². The van der Waals surface area contributed by atoms with Crippen LogP contribution in [0.25, 0.3) is 0 Å². The predicted molar refractivity (Wildman–Crippen MR) is 80.9 cm³/mol. The van der Waals surface area contributed by atoms with Crippen LogP contribution in [-0.2, 0) is 0 Å². The van der Waals surface area contributed by atoms with Gasteiger partial charge in [0.25, 0.3) is 0 Å². The summed E-state index contributed by atoms with van der Waals surface area (Å²) in [6.45, 7) is 0.652. The normalized spacial score (nSPS) is 10.0. The first kappa shape index (κ1) is 16.2. The Kier molecular flexibility index (Phi) is 7.43. The Morgan fingerprint density at radius 2 is 2.20 bits per heavy atom. The van der Waals surface area contributed by atoms with Gasteiger partial charge in [-0.3, -0.25) is 10.1 Å². The van der Waals surface area contributed by atoms with Gasteiger partial charge in [-0.2, -0.15) is 17.0 Å². The van der Waals surface area contributed by atoms with Gasteiger partial charge in [0.05, 0.1) is 10.5 Å². The van der Waals surface area contributed by atoms with E-state index in [2.05, 4.69) is 16.6 Å². The molecule has 0 saturated carbocycles. The molecule has 1 rings (SSSR count). The van der Waals surface area contributed by atoms with E-state index in [4.69, 9.17) is 5.26 Å². The van der Waals surface area contributed by atoms with Crippen LogP contribution in [0.2, 0.25) is 0 Å². The van der Waals surface area contributed by atoms with Crippen LogP contribution < -0.4 is 5.32 Å². The van der Waals surface area contributed by atoms with Crippen molar-refractivity contribution in [1.29, 1.82) is 5.26 Å². The number of unbranched alkanes of at least 4 members (excludes halogenated alkanes) is 3. The lowest BCUT2D eigenvalue weighted by atomic mass is 10.2. The second-order valence-electron chi connectivity index (χ2n) is 4.29. The molecule has 1 aromatic heterocycles.